The molecular weight excluding hydrogens is 276 g/mol. The van der Waals surface area contributed by atoms with Crippen molar-refractivity contribution in [3.05, 3.63) is 22.3 Å². The second-order valence-corrected chi connectivity index (χ2v) is 6.13. The van der Waals surface area contributed by atoms with Gasteiger partial charge in [-0.05, 0) is 40.0 Å². The van der Waals surface area contributed by atoms with Crippen LogP contribution >= 0.6 is 0 Å². The first-order valence-corrected chi connectivity index (χ1v) is 8.32. The molecule has 121 valence electrons. The number of rotatable bonds is 10. The lowest BCUT2D eigenvalue weighted by Crippen LogP contribution is -2.20. The molecule has 3 heteroatoms. The smallest absolute Gasteiger partial charge is 0.198 e. The molecule has 1 aliphatic rings. The topological polar surface area (TPSA) is 51.2 Å². The van der Waals surface area contributed by atoms with Crippen LogP contribution in [0.3, 0.4) is 0 Å². The molecule has 0 aliphatic heterocycles. The molecule has 0 saturated carbocycles. The minimum Gasteiger partial charge on any atom is -0.291 e. The van der Waals surface area contributed by atoms with Gasteiger partial charge in [0.2, 0.25) is 0 Å². The maximum absolute atomic E-state index is 12.3. The van der Waals surface area contributed by atoms with Crippen molar-refractivity contribution in [2.24, 2.45) is 0 Å². The molecule has 0 fully saturated rings. The van der Waals surface area contributed by atoms with Crippen molar-refractivity contribution in [3.63, 3.8) is 0 Å². The third kappa shape index (κ3) is 5.04. The quantitative estimate of drug-likeness (QED) is 0.443. The lowest BCUT2D eigenvalue weighted by Gasteiger charge is -2.18. The molecule has 1 radical (unpaired) electrons. The molecule has 0 unspecified atom stereocenters. The van der Waals surface area contributed by atoms with E-state index in [1.807, 2.05) is 6.29 Å². The van der Waals surface area contributed by atoms with E-state index in [0.717, 1.165) is 44.1 Å². The first kappa shape index (κ1) is 18.5. The van der Waals surface area contributed by atoms with Crippen LogP contribution in [0.15, 0.2) is 22.3 Å². The Morgan fingerprint density at radius 1 is 0.682 bits per heavy atom. The Hall–Kier alpha value is -1.51. The highest BCUT2D eigenvalue weighted by molar-refractivity contribution is 6.24. The minimum atomic E-state index is 0.0269. The molecule has 1 aliphatic carbocycles. The maximum Gasteiger partial charge on any atom is 0.198 e. The van der Waals surface area contributed by atoms with Crippen LogP contribution in [0.1, 0.15) is 78.6 Å². The van der Waals surface area contributed by atoms with E-state index in [1.165, 1.54) is 6.42 Å². The molecule has 0 atom stereocenters. The molecule has 1 rings (SSSR count). The minimum absolute atomic E-state index is 0.0269. The average molecular weight is 303 g/mol. The average Bonchev–Trinajstić information content (AvgIpc) is 2.52. The molecular formula is C19H27O3. The zero-order valence-corrected chi connectivity index (χ0v) is 14.1. The summed E-state index contributed by atoms with van der Waals surface area (Å²) in [6.07, 6.45) is 10.7. The van der Waals surface area contributed by atoms with Gasteiger partial charge in [-0.15, -0.1) is 0 Å². The lowest BCUT2D eigenvalue weighted by molar-refractivity contribution is -0.116. The molecule has 0 heterocycles. The van der Waals surface area contributed by atoms with E-state index in [9.17, 15) is 14.4 Å². The lowest BCUT2D eigenvalue weighted by atomic mass is 9.84. The van der Waals surface area contributed by atoms with Crippen LogP contribution in [0.4, 0.5) is 0 Å². The predicted molar refractivity (Wildman–Crippen MR) is 88.3 cm³/mol. The van der Waals surface area contributed by atoms with Gasteiger partial charge in [0.1, 0.15) is 0 Å². The van der Waals surface area contributed by atoms with Gasteiger partial charge < -0.3 is 0 Å². The van der Waals surface area contributed by atoms with Crippen molar-refractivity contribution in [3.8, 4) is 0 Å². The van der Waals surface area contributed by atoms with Crippen molar-refractivity contribution >= 4 is 17.9 Å². The molecule has 0 spiro atoms. The van der Waals surface area contributed by atoms with Crippen LogP contribution in [0, 0.1) is 0 Å². The molecule has 0 saturated heterocycles. The summed E-state index contributed by atoms with van der Waals surface area (Å²) in [5.74, 6) is 0.0822. The molecule has 0 aromatic heterocycles. The van der Waals surface area contributed by atoms with Crippen molar-refractivity contribution in [1.29, 1.82) is 0 Å². The standard InChI is InChI=1S/C19H27O3/c1-14-15(2)19(22)17(16(3)18(14)21)12-10-8-6-4-5-7-9-11-13-20/h4-12H2,1-3H3. The highest BCUT2D eigenvalue weighted by Crippen LogP contribution is 2.27. The highest BCUT2D eigenvalue weighted by Gasteiger charge is 2.26. The van der Waals surface area contributed by atoms with Crippen molar-refractivity contribution in [2.45, 2.75) is 78.6 Å². The number of carbonyl (C=O) groups is 2. The predicted octanol–water partition coefficient (Wildman–Crippen LogP) is 4.41. The Morgan fingerprint density at radius 3 is 1.77 bits per heavy atom. The molecule has 0 aromatic rings. The number of hydrogen-bond acceptors (Lipinski definition) is 3. The van der Waals surface area contributed by atoms with E-state index in [4.69, 9.17) is 0 Å². The Labute approximate surface area is 133 Å². The SMILES string of the molecule is CC1=C(C)C(=O)C(CCCCCCCCC[C]=O)=C(C)C1=O. The first-order valence-electron chi connectivity index (χ1n) is 8.32. The number of hydrogen-bond donors (Lipinski definition) is 0. The second kappa shape index (κ2) is 9.50. The molecule has 0 aromatic carbocycles. The monoisotopic (exact) mass is 303 g/mol. The third-order valence-electron chi connectivity index (χ3n) is 4.52. The van der Waals surface area contributed by atoms with Crippen molar-refractivity contribution in [2.75, 3.05) is 0 Å². The van der Waals surface area contributed by atoms with Crippen LogP contribution in [0.2, 0.25) is 0 Å². The van der Waals surface area contributed by atoms with Gasteiger partial charge in [0.05, 0.1) is 0 Å². The highest BCUT2D eigenvalue weighted by atomic mass is 16.1. The van der Waals surface area contributed by atoms with E-state index in [2.05, 4.69) is 0 Å². The summed E-state index contributed by atoms with van der Waals surface area (Å²) in [6, 6.07) is 0. The van der Waals surface area contributed by atoms with Gasteiger partial charge in [-0.3, -0.25) is 14.4 Å². The van der Waals surface area contributed by atoms with Crippen LogP contribution < -0.4 is 0 Å². The first-order chi connectivity index (χ1) is 10.5. The molecule has 22 heavy (non-hydrogen) atoms. The fraction of sp³-hybridized carbons (Fsp3) is 0.632. The maximum atomic E-state index is 12.3. The largest absolute Gasteiger partial charge is 0.291 e. The molecule has 3 nitrogen and oxygen atoms in total. The Morgan fingerprint density at radius 2 is 1.18 bits per heavy atom. The van der Waals surface area contributed by atoms with Crippen molar-refractivity contribution in [1.82, 2.24) is 0 Å². The van der Waals surface area contributed by atoms with E-state index < -0.39 is 0 Å². The zero-order chi connectivity index (χ0) is 16.5. The summed E-state index contributed by atoms with van der Waals surface area (Å²) >= 11 is 0. The fourth-order valence-electron chi connectivity index (χ4n) is 2.84. The molecule has 0 bridgehead atoms. The van der Waals surface area contributed by atoms with Crippen LogP contribution in [-0.4, -0.2) is 17.9 Å². The summed E-state index contributed by atoms with van der Waals surface area (Å²) in [7, 11) is 0. The Balaban J connectivity index is 2.29. The van der Waals surface area contributed by atoms with Gasteiger partial charge in [-0.2, -0.15) is 0 Å². The Bertz CT molecular complexity index is 495. The summed E-state index contributed by atoms with van der Waals surface area (Å²) in [5, 5.41) is 0. The van der Waals surface area contributed by atoms with Crippen LogP contribution in [0.5, 0.6) is 0 Å². The number of Topliss-reactive ketones (excluding diaryl/α,β-unsaturated/α-hetero) is 2. The van der Waals surface area contributed by atoms with Crippen molar-refractivity contribution < 1.29 is 14.4 Å². The van der Waals surface area contributed by atoms with E-state index in [1.54, 1.807) is 20.8 Å². The molecule has 0 amide bonds. The zero-order valence-electron chi connectivity index (χ0n) is 14.1. The van der Waals surface area contributed by atoms with Crippen LogP contribution in [0.25, 0.3) is 0 Å². The Kier molecular flexibility index (Phi) is 8.00. The fourth-order valence-corrected chi connectivity index (χ4v) is 2.84. The number of allylic oxidation sites excluding steroid dienone is 4. The number of carbonyl (C=O) groups excluding carboxylic acids is 3. The summed E-state index contributed by atoms with van der Waals surface area (Å²) in [4.78, 5) is 34.4. The van der Waals surface area contributed by atoms with E-state index in [-0.39, 0.29) is 11.6 Å². The molecule has 0 N–H and O–H groups in total. The number of unbranched alkanes of at least 4 members (excludes halogenated alkanes) is 7. The third-order valence-corrected chi connectivity index (χ3v) is 4.52. The van der Waals surface area contributed by atoms with Crippen LogP contribution in [-0.2, 0) is 14.4 Å². The summed E-state index contributed by atoms with van der Waals surface area (Å²) < 4.78 is 0. The van der Waals surface area contributed by atoms with Gasteiger partial charge in [-0.1, -0.05) is 32.1 Å². The van der Waals surface area contributed by atoms with Gasteiger partial charge in [0.15, 0.2) is 17.9 Å². The van der Waals surface area contributed by atoms with Gasteiger partial charge in [0.25, 0.3) is 0 Å². The van der Waals surface area contributed by atoms with Gasteiger partial charge >= 0.3 is 0 Å². The van der Waals surface area contributed by atoms with E-state index in [0.29, 0.717) is 29.6 Å². The second-order valence-electron chi connectivity index (χ2n) is 6.13. The summed E-state index contributed by atoms with van der Waals surface area (Å²) in [6.45, 7) is 5.26. The number of ketones is 2. The summed E-state index contributed by atoms with van der Waals surface area (Å²) in [5.41, 5.74) is 2.56. The van der Waals surface area contributed by atoms with E-state index >= 15 is 0 Å². The normalized spacial score (nSPS) is 15.8. The van der Waals surface area contributed by atoms with Gasteiger partial charge in [-0.25, -0.2) is 0 Å². The van der Waals surface area contributed by atoms with Gasteiger partial charge in [0, 0.05) is 28.7 Å².